The normalized spacial score (nSPS) is 20.1. The lowest BCUT2D eigenvalue weighted by molar-refractivity contribution is -0.137. The maximum Gasteiger partial charge on any atom is 0.410 e. The Bertz CT molecular complexity index is 639. The third kappa shape index (κ3) is 3.79. The van der Waals surface area contributed by atoms with E-state index in [1.165, 1.54) is 0 Å². The molecule has 136 valence electrons. The Morgan fingerprint density at radius 2 is 1.96 bits per heavy atom. The van der Waals surface area contributed by atoms with E-state index in [4.69, 9.17) is 4.74 Å². The molecule has 25 heavy (non-hydrogen) atoms. The number of hydrogen-bond acceptors (Lipinski definition) is 4. The highest BCUT2D eigenvalue weighted by Gasteiger charge is 2.35. The number of likely N-dealkylation sites (N-methyl/N-ethyl adjacent to an activating group) is 1. The molecule has 1 atom stereocenters. The van der Waals surface area contributed by atoms with Gasteiger partial charge in [-0.05, 0) is 39.4 Å². The zero-order chi connectivity index (χ0) is 18.0. The minimum absolute atomic E-state index is 0.137. The summed E-state index contributed by atoms with van der Waals surface area (Å²) in [6.45, 7) is 4.56. The number of cyclic esters (lactones) is 1. The topological polar surface area (TPSA) is 53.1 Å². The number of nitrogens with zero attached hydrogens (tertiary/aromatic N) is 3. The second kappa shape index (κ2) is 7.44. The quantitative estimate of drug-likeness (QED) is 0.838. The van der Waals surface area contributed by atoms with Gasteiger partial charge in [0.25, 0.3) is 0 Å². The highest BCUT2D eigenvalue weighted by atomic mass is 16.6. The standard InChI is InChI=1S/C19H27N3O3/c1-14-5-4-6-15(13-14)17(20(2)3)18(23)21-9-7-16(8-10-21)22-11-12-25-19(22)24/h4-6,13,16-17H,7-12H2,1-3H3. The molecule has 2 saturated heterocycles. The van der Waals surface area contributed by atoms with Crippen LogP contribution in [0.5, 0.6) is 0 Å². The Kier molecular flexibility index (Phi) is 5.27. The van der Waals surface area contributed by atoms with Crippen LogP contribution in [0.4, 0.5) is 4.79 Å². The molecule has 2 aliphatic rings. The van der Waals surface area contributed by atoms with Crippen molar-refractivity contribution < 1.29 is 14.3 Å². The first-order chi connectivity index (χ1) is 12.0. The van der Waals surface area contributed by atoms with E-state index in [1.54, 1.807) is 0 Å². The van der Waals surface area contributed by atoms with E-state index in [9.17, 15) is 9.59 Å². The highest BCUT2D eigenvalue weighted by molar-refractivity contribution is 5.83. The molecule has 0 bridgehead atoms. The Morgan fingerprint density at radius 1 is 1.24 bits per heavy atom. The van der Waals surface area contributed by atoms with Crippen LogP contribution in [0.15, 0.2) is 24.3 Å². The molecule has 0 aliphatic carbocycles. The van der Waals surface area contributed by atoms with Gasteiger partial charge in [-0.3, -0.25) is 9.69 Å². The molecule has 2 fully saturated rings. The SMILES string of the molecule is Cc1cccc(C(C(=O)N2CCC(N3CCOC3=O)CC2)N(C)C)c1. The highest BCUT2D eigenvalue weighted by Crippen LogP contribution is 2.26. The van der Waals surface area contributed by atoms with Crippen LogP contribution >= 0.6 is 0 Å². The summed E-state index contributed by atoms with van der Waals surface area (Å²) >= 11 is 0. The molecule has 0 saturated carbocycles. The fraction of sp³-hybridized carbons (Fsp3) is 0.579. The molecule has 6 nitrogen and oxygen atoms in total. The van der Waals surface area contributed by atoms with Gasteiger partial charge in [-0.2, -0.15) is 0 Å². The fourth-order valence-electron chi connectivity index (χ4n) is 3.81. The number of rotatable bonds is 4. The van der Waals surface area contributed by atoms with E-state index in [1.807, 2.05) is 53.9 Å². The first-order valence-electron chi connectivity index (χ1n) is 8.92. The Balaban J connectivity index is 1.67. The number of ether oxygens (including phenoxy) is 1. The summed E-state index contributed by atoms with van der Waals surface area (Å²) in [6, 6.07) is 8.06. The zero-order valence-corrected chi connectivity index (χ0v) is 15.3. The molecule has 1 aromatic rings. The summed E-state index contributed by atoms with van der Waals surface area (Å²) in [5.41, 5.74) is 2.18. The lowest BCUT2D eigenvalue weighted by atomic mass is 9.99. The molecular weight excluding hydrogens is 318 g/mol. The van der Waals surface area contributed by atoms with Crippen LogP contribution in [0, 0.1) is 6.92 Å². The Hall–Kier alpha value is -2.08. The number of aryl methyl sites for hydroxylation is 1. The van der Waals surface area contributed by atoms with Gasteiger partial charge in [0.15, 0.2) is 0 Å². The number of amides is 2. The van der Waals surface area contributed by atoms with Crippen molar-refractivity contribution in [3.05, 3.63) is 35.4 Å². The van der Waals surface area contributed by atoms with E-state index in [2.05, 4.69) is 6.07 Å². The van der Waals surface area contributed by atoms with Gasteiger partial charge in [0.1, 0.15) is 12.6 Å². The average molecular weight is 345 g/mol. The summed E-state index contributed by atoms with van der Waals surface area (Å²) in [5, 5.41) is 0. The second-order valence-electron chi connectivity index (χ2n) is 7.14. The number of piperidine rings is 1. The summed E-state index contributed by atoms with van der Waals surface area (Å²) in [6.07, 6.45) is 1.42. The minimum atomic E-state index is -0.270. The van der Waals surface area contributed by atoms with Crippen molar-refractivity contribution in [3.8, 4) is 0 Å². The van der Waals surface area contributed by atoms with E-state index in [0.717, 1.165) is 24.0 Å². The number of likely N-dealkylation sites (tertiary alicyclic amines) is 1. The second-order valence-corrected chi connectivity index (χ2v) is 7.14. The summed E-state index contributed by atoms with van der Waals surface area (Å²) in [7, 11) is 3.88. The van der Waals surface area contributed by atoms with Crippen LogP contribution in [0.2, 0.25) is 0 Å². The molecule has 0 aromatic heterocycles. The van der Waals surface area contributed by atoms with Gasteiger partial charge in [0, 0.05) is 19.1 Å². The summed E-state index contributed by atoms with van der Waals surface area (Å²) in [5.74, 6) is 0.137. The first-order valence-corrected chi connectivity index (χ1v) is 8.92. The van der Waals surface area contributed by atoms with Crippen molar-refractivity contribution in [3.63, 3.8) is 0 Å². The van der Waals surface area contributed by atoms with Gasteiger partial charge in [-0.15, -0.1) is 0 Å². The molecule has 0 radical (unpaired) electrons. The van der Waals surface area contributed by atoms with Crippen molar-refractivity contribution in [2.24, 2.45) is 0 Å². The van der Waals surface area contributed by atoms with Gasteiger partial charge in [0.2, 0.25) is 5.91 Å². The molecule has 0 N–H and O–H groups in total. The van der Waals surface area contributed by atoms with Crippen molar-refractivity contribution in [1.29, 1.82) is 0 Å². The largest absolute Gasteiger partial charge is 0.448 e. The van der Waals surface area contributed by atoms with Crippen molar-refractivity contribution in [1.82, 2.24) is 14.7 Å². The van der Waals surface area contributed by atoms with Gasteiger partial charge < -0.3 is 14.5 Å². The molecule has 2 amide bonds. The van der Waals surface area contributed by atoms with E-state index in [0.29, 0.717) is 26.2 Å². The van der Waals surface area contributed by atoms with E-state index >= 15 is 0 Å². The minimum Gasteiger partial charge on any atom is -0.448 e. The molecule has 6 heteroatoms. The monoisotopic (exact) mass is 345 g/mol. The van der Waals surface area contributed by atoms with Crippen molar-refractivity contribution in [2.45, 2.75) is 31.8 Å². The van der Waals surface area contributed by atoms with Crippen molar-refractivity contribution in [2.75, 3.05) is 40.3 Å². The predicted octanol–water partition coefficient (Wildman–Crippen LogP) is 2.04. The molecular formula is C19H27N3O3. The van der Waals surface area contributed by atoms with Crippen molar-refractivity contribution >= 4 is 12.0 Å². The summed E-state index contributed by atoms with van der Waals surface area (Å²) in [4.78, 5) is 30.6. The number of benzene rings is 1. The number of carbonyl (C=O) groups excluding carboxylic acids is 2. The maximum atomic E-state index is 13.1. The third-order valence-corrected chi connectivity index (χ3v) is 5.12. The maximum absolute atomic E-state index is 13.1. The lowest BCUT2D eigenvalue weighted by Gasteiger charge is -2.38. The fourth-order valence-corrected chi connectivity index (χ4v) is 3.81. The van der Waals surface area contributed by atoms with Crippen LogP contribution in [-0.2, 0) is 9.53 Å². The van der Waals surface area contributed by atoms with Crippen LogP contribution in [0.3, 0.4) is 0 Å². The Morgan fingerprint density at radius 3 is 2.52 bits per heavy atom. The van der Waals surface area contributed by atoms with Gasteiger partial charge in [-0.1, -0.05) is 29.8 Å². The van der Waals surface area contributed by atoms with Crippen LogP contribution < -0.4 is 0 Å². The molecule has 1 unspecified atom stereocenters. The average Bonchev–Trinajstić information content (AvgIpc) is 3.01. The lowest BCUT2D eigenvalue weighted by Crippen LogP contribution is -2.49. The van der Waals surface area contributed by atoms with Gasteiger partial charge in [0.05, 0.1) is 6.54 Å². The zero-order valence-electron chi connectivity index (χ0n) is 15.3. The van der Waals surface area contributed by atoms with Gasteiger partial charge >= 0.3 is 6.09 Å². The van der Waals surface area contributed by atoms with Crippen LogP contribution in [0.1, 0.15) is 30.0 Å². The van der Waals surface area contributed by atoms with E-state index < -0.39 is 0 Å². The summed E-state index contributed by atoms with van der Waals surface area (Å²) < 4.78 is 5.03. The predicted molar refractivity (Wildman–Crippen MR) is 95.3 cm³/mol. The molecule has 2 heterocycles. The molecule has 3 rings (SSSR count). The number of carbonyl (C=O) groups is 2. The Labute approximate surface area is 149 Å². The third-order valence-electron chi connectivity index (χ3n) is 5.12. The molecule has 2 aliphatic heterocycles. The number of hydrogen-bond donors (Lipinski definition) is 0. The van der Waals surface area contributed by atoms with Crippen LogP contribution in [-0.4, -0.2) is 73.1 Å². The molecule has 1 aromatic carbocycles. The molecule has 0 spiro atoms. The smallest absolute Gasteiger partial charge is 0.410 e. The first kappa shape index (κ1) is 17.7. The van der Waals surface area contributed by atoms with Gasteiger partial charge in [-0.25, -0.2) is 4.79 Å². The van der Waals surface area contributed by atoms with Crippen LogP contribution in [0.25, 0.3) is 0 Å². The van der Waals surface area contributed by atoms with E-state index in [-0.39, 0.29) is 24.1 Å².